The van der Waals surface area contributed by atoms with Crippen LogP contribution in [0.1, 0.15) is 105 Å². The third-order valence-electron chi connectivity index (χ3n) is 10.1. The fourth-order valence-electron chi connectivity index (χ4n) is 9.15. The molecule has 0 saturated heterocycles. The summed E-state index contributed by atoms with van der Waals surface area (Å²) in [5, 5.41) is 0. The maximum Gasteiger partial charge on any atom is -0.0264 e. The van der Waals surface area contributed by atoms with Gasteiger partial charge in [-0.25, -0.2) is 0 Å². The van der Waals surface area contributed by atoms with E-state index in [4.69, 9.17) is 0 Å². The molecule has 4 fully saturated rings. The molecule has 0 aromatic rings. The van der Waals surface area contributed by atoms with Crippen LogP contribution in [0.4, 0.5) is 0 Å². The molecular weight excluding hydrogens is 300 g/mol. The van der Waals surface area contributed by atoms with E-state index in [1.54, 1.807) is 44.9 Å². The summed E-state index contributed by atoms with van der Waals surface area (Å²) in [7, 11) is 0. The lowest BCUT2D eigenvalue weighted by Crippen LogP contribution is -2.49. The number of fused-ring (bicyclic) bond motifs is 5. The van der Waals surface area contributed by atoms with Crippen molar-refractivity contribution >= 4 is 0 Å². The van der Waals surface area contributed by atoms with Crippen LogP contribution in [0.2, 0.25) is 0 Å². The van der Waals surface area contributed by atoms with Crippen molar-refractivity contribution in [1.29, 1.82) is 0 Å². The lowest BCUT2D eigenvalue weighted by molar-refractivity contribution is -0.0828. The zero-order valence-corrected chi connectivity index (χ0v) is 17.8. The summed E-state index contributed by atoms with van der Waals surface area (Å²) in [6.07, 6.45) is 16.9. The number of hydrogen-bond acceptors (Lipinski definition) is 0. The summed E-state index contributed by atoms with van der Waals surface area (Å²) in [5.74, 6) is 7.36. The van der Waals surface area contributed by atoms with Gasteiger partial charge in [-0.05, 0) is 116 Å². The van der Waals surface area contributed by atoms with Gasteiger partial charge >= 0.3 is 0 Å². The highest BCUT2D eigenvalue weighted by Crippen LogP contribution is 2.66. The van der Waals surface area contributed by atoms with Crippen LogP contribution in [0.15, 0.2) is 0 Å². The Bertz CT molecular complexity index is 478. The number of hydrogen-bond donors (Lipinski definition) is 0. The van der Waals surface area contributed by atoms with E-state index in [0.717, 1.165) is 41.4 Å². The first-order valence-electron chi connectivity index (χ1n) is 11.9. The van der Waals surface area contributed by atoms with E-state index in [2.05, 4.69) is 34.6 Å². The van der Waals surface area contributed by atoms with Gasteiger partial charge in [0.2, 0.25) is 0 Å². The largest absolute Gasteiger partial charge is 0.0654 e. The average Bonchev–Trinajstić information content (AvgIpc) is 2.91. The van der Waals surface area contributed by atoms with Gasteiger partial charge in [-0.2, -0.15) is 0 Å². The van der Waals surface area contributed by atoms with Crippen molar-refractivity contribution in [3.63, 3.8) is 0 Å². The quantitative estimate of drug-likeness (QED) is 0.491. The van der Waals surface area contributed by atoms with E-state index in [1.165, 1.54) is 25.7 Å². The smallest absolute Gasteiger partial charge is 0.0264 e. The molecule has 0 aromatic heterocycles. The van der Waals surface area contributed by atoms with E-state index in [1.807, 2.05) is 0 Å². The Kier molecular flexibility index (Phi) is 4.82. The molecule has 0 spiro atoms. The molecule has 4 saturated carbocycles. The molecule has 4 rings (SSSR count). The molecule has 0 aromatic carbocycles. The Morgan fingerprint density at radius 1 is 0.840 bits per heavy atom. The molecule has 0 radical (unpaired) electrons. The maximum absolute atomic E-state index is 2.71. The van der Waals surface area contributed by atoms with Gasteiger partial charge in [-0.3, -0.25) is 0 Å². The molecule has 0 N–H and O–H groups in total. The molecule has 0 aliphatic heterocycles. The minimum absolute atomic E-state index is 0.683. The van der Waals surface area contributed by atoms with Gasteiger partial charge in [0, 0.05) is 0 Å². The topological polar surface area (TPSA) is 0 Å². The Hall–Kier alpha value is 0. The Morgan fingerprint density at radius 2 is 1.60 bits per heavy atom. The van der Waals surface area contributed by atoms with Gasteiger partial charge in [0.25, 0.3) is 0 Å². The summed E-state index contributed by atoms with van der Waals surface area (Å²) in [6, 6.07) is 0. The van der Waals surface area contributed by atoms with Crippen molar-refractivity contribution in [1.82, 2.24) is 0 Å². The highest BCUT2D eigenvalue weighted by Gasteiger charge is 2.57. The second-order valence-electron chi connectivity index (χ2n) is 11.7. The summed E-state index contributed by atoms with van der Waals surface area (Å²) < 4.78 is 0. The first kappa shape index (κ1) is 18.4. The van der Waals surface area contributed by atoms with Gasteiger partial charge in [-0.15, -0.1) is 0 Å². The molecule has 25 heavy (non-hydrogen) atoms. The molecule has 0 nitrogen and oxygen atoms in total. The van der Waals surface area contributed by atoms with E-state index >= 15 is 0 Å². The first-order valence-corrected chi connectivity index (χ1v) is 11.9. The van der Waals surface area contributed by atoms with Gasteiger partial charge < -0.3 is 0 Å². The second-order valence-corrected chi connectivity index (χ2v) is 11.7. The minimum atomic E-state index is 0.683. The summed E-state index contributed by atoms with van der Waals surface area (Å²) >= 11 is 0. The van der Waals surface area contributed by atoms with E-state index < -0.39 is 0 Å². The molecular formula is C25H44. The molecule has 0 amide bonds. The molecule has 8 atom stereocenters. The third kappa shape index (κ3) is 2.93. The van der Waals surface area contributed by atoms with E-state index in [-0.39, 0.29) is 0 Å². The van der Waals surface area contributed by atoms with Crippen LogP contribution in [-0.4, -0.2) is 0 Å². The Balaban J connectivity index is 1.50. The maximum atomic E-state index is 2.71. The Labute approximate surface area is 157 Å². The van der Waals surface area contributed by atoms with Crippen LogP contribution in [0, 0.1) is 52.3 Å². The third-order valence-corrected chi connectivity index (χ3v) is 10.1. The van der Waals surface area contributed by atoms with Gasteiger partial charge in [0.1, 0.15) is 0 Å². The van der Waals surface area contributed by atoms with Crippen molar-refractivity contribution in [2.75, 3.05) is 0 Å². The second kappa shape index (κ2) is 6.56. The Morgan fingerprint density at radius 3 is 2.32 bits per heavy atom. The van der Waals surface area contributed by atoms with E-state index in [9.17, 15) is 0 Å². The standard InChI is InChI=1S/C25H44/c1-6-13-24(4)14-11-19-18(16-24)7-8-21-20(19)12-15-25(5)22(17(2)3)9-10-23(21)25/h17-23H,6-16H2,1-5H3. The molecule has 4 aliphatic rings. The summed E-state index contributed by atoms with van der Waals surface area (Å²) in [6.45, 7) is 12.7. The zero-order valence-electron chi connectivity index (χ0n) is 17.8. The predicted molar refractivity (Wildman–Crippen MR) is 108 cm³/mol. The van der Waals surface area contributed by atoms with Crippen molar-refractivity contribution < 1.29 is 0 Å². The highest BCUT2D eigenvalue weighted by atomic mass is 14.6. The molecule has 0 heteroatoms. The summed E-state index contributed by atoms with van der Waals surface area (Å²) in [5.41, 5.74) is 1.37. The fourth-order valence-corrected chi connectivity index (χ4v) is 9.15. The highest BCUT2D eigenvalue weighted by molar-refractivity contribution is 5.07. The lowest BCUT2D eigenvalue weighted by Gasteiger charge is -2.58. The van der Waals surface area contributed by atoms with Crippen molar-refractivity contribution in [2.24, 2.45) is 52.3 Å². The van der Waals surface area contributed by atoms with Crippen LogP contribution >= 0.6 is 0 Å². The first-order chi connectivity index (χ1) is 11.9. The van der Waals surface area contributed by atoms with Gasteiger partial charge in [0.05, 0.1) is 0 Å². The average molecular weight is 345 g/mol. The molecule has 0 bridgehead atoms. The van der Waals surface area contributed by atoms with Crippen LogP contribution in [0.25, 0.3) is 0 Å². The minimum Gasteiger partial charge on any atom is -0.0654 e. The number of rotatable bonds is 3. The SMILES string of the molecule is CCCC1(C)CCC2C(CCC3C2CCC2(C)C(C(C)C)CCC32)C1. The van der Waals surface area contributed by atoms with Gasteiger partial charge in [0.15, 0.2) is 0 Å². The lowest BCUT2D eigenvalue weighted by atomic mass is 9.47. The van der Waals surface area contributed by atoms with Crippen molar-refractivity contribution in [3.8, 4) is 0 Å². The van der Waals surface area contributed by atoms with Crippen molar-refractivity contribution in [3.05, 3.63) is 0 Å². The molecule has 8 unspecified atom stereocenters. The molecule has 0 heterocycles. The molecule has 144 valence electrons. The van der Waals surface area contributed by atoms with Crippen LogP contribution < -0.4 is 0 Å². The fraction of sp³-hybridized carbons (Fsp3) is 1.00. The summed E-state index contributed by atoms with van der Waals surface area (Å²) in [4.78, 5) is 0. The van der Waals surface area contributed by atoms with Crippen LogP contribution in [0.5, 0.6) is 0 Å². The van der Waals surface area contributed by atoms with Crippen LogP contribution in [0.3, 0.4) is 0 Å². The molecule has 4 aliphatic carbocycles. The normalized spacial score (nSPS) is 52.6. The van der Waals surface area contributed by atoms with Crippen molar-refractivity contribution in [2.45, 2.75) is 105 Å². The van der Waals surface area contributed by atoms with E-state index in [0.29, 0.717) is 10.8 Å². The van der Waals surface area contributed by atoms with Gasteiger partial charge in [-0.1, -0.05) is 41.0 Å². The predicted octanol–water partition coefficient (Wildman–Crippen LogP) is 7.72. The monoisotopic (exact) mass is 344 g/mol. The van der Waals surface area contributed by atoms with Crippen LogP contribution in [-0.2, 0) is 0 Å². The zero-order chi connectivity index (χ0) is 17.8.